The fourth-order valence-corrected chi connectivity index (χ4v) is 2.71. The number of carbonyl (C=O) groups excluding carboxylic acids is 1. The first-order valence-corrected chi connectivity index (χ1v) is 6.49. The van der Waals surface area contributed by atoms with Crippen molar-refractivity contribution in [1.29, 1.82) is 0 Å². The Bertz CT molecular complexity index is 364. The summed E-state index contributed by atoms with van der Waals surface area (Å²) in [5.74, 6) is 0.809. The lowest BCUT2D eigenvalue weighted by Gasteiger charge is -2.06. The lowest BCUT2D eigenvalue weighted by molar-refractivity contribution is -0.142. The average molecular weight is 240 g/mol. The average Bonchev–Trinajstić information content (AvgIpc) is 2.58. The maximum absolute atomic E-state index is 10.8. The van der Waals surface area contributed by atoms with E-state index in [0.29, 0.717) is 18.4 Å². The van der Waals surface area contributed by atoms with Crippen LogP contribution in [0, 0.1) is 0 Å². The number of hydrogen-bond donors (Lipinski definition) is 0. The van der Waals surface area contributed by atoms with Gasteiger partial charge in [0.05, 0.1) is 0 Å². The lowest BCUT2D eigenvalue weighted by Crippen LogP contribution is -2.00. The Hall–Kier alpha value is -0.830. The van der Waals surface area contributed by atoms with Crippen LogP contribution in [0.4, 0.5) is 0 Å². The Kier molecular flexibility index (Phi) is 4.54. The Labute approximate surface area is 102 Å². The fourth-order valence-electron chi connectivity index (χ4n) is 1.53. The van der Waals surface area contributed by atoms with Crippen molar-refractivity contribution < 1.29 is 9.53 Å². The predicted molar refractivity (Wildman–Crippen MR) is 68.0 cm³/mol. The molecule has 0 aliphatic rings. The molecule has 0 bridgehead atoms. The van der Waals surface area contributed by atoms with E-state index >= 15 is 0 Å². The fraction of sp³-hybridized carbons (Fsp3) is 0.615. The van der Waals surface area contributed by atoms with Crippen molar-refractivity contribution in [2.75, 3.05) is 0 Å². The Morgan fingerprint density at radius 1 is 1.31 bits per heavy atom. The molecule has 16 heavy (non-hydrogen) atoms. The van der Waals surface area contributed by atoms with Gasteiger partial charge in [0.25, 0.3) is 0 Å². The standard InChI is InChI=1S/C13H20O2S/c1-8(2)12-6-11(7-15-10(5)14)13(16-12)9(3)4/h6,8-9H,7H2,1-5H3. The molecule has 0 aromatic carbocycles. The first kappa shape index (κ1) is 13.2. The van der Waals surface area contributed by atoms with Gasteiger partial charge >= 0.3 is 5.97 Å². The van der Waals surface area contributed by atoms with Gasteiger partial charge < -0.3 is 4.74 Å². The van der Waals surface area contributed by atoms with Crippen molar-refractivity contribution in [2.45, 2.75) is 53.1 Å². The molecule has 0 atom stereocenters. The maximum Gasteiger partial charge on any atom is 0.302 e. The zero-order chi connectivity index (χ0) is 12.3. The van der Waals surface area contributed by atoms with Gasteiger partial charge in [0.2, 0.25) is 0 Å². The highest BCUT2D eigenvalue weighted by Gasteiger charge is 2.14. The smallest absolute Gasteiger partial charge is 0.302 e. The summed E-state index contributed by atoms with van der Waals surface area (Å²) in [7, 11) is 0. The minimum absolute atomic E-state index is 0.216. The molecule has 1 aromatic rings. The van der Waals surface area contributed by atoms with E-state index < -0.39 is 0 Å². The number of hydrogen-bond acceptors (Lipinski definition) is 3. The molecule has 90 valence electrons. The van der Waals surface area contributed by atoms with Gasteiger partial charge in [-0.2, -0.15) is 0 Å². The van der Waals surface area contributed by atoms with E-state index in [9.17, 15) is 4.79 Å². The van der Waals surface area contributed by atoms with E-state index in [2.05, 4.69) is 33.8 Å². The van der Waals surface area contributed by atoms with Crippen molar-refractivity contribution in [3.8, 4) is 0 Å². The van der Waals surface area contributed by atoms with Crippen LogP contribution in [-0.2, 0) is 16.1 Å². The number of carbonyl (C=O) groups is 1. The number of esters is 1. The Balaban J connectivity index is 2.91. The van der Waals surface area contributed by atoms with E-state index in [1.807, 2.05) is 11.3 Å². The summed E-state index contributed by atoms with van der Waals surface area (Å²) in [5.41, 5.74) is 1.17. The number of ether oxygens (including phenoxy) is 1. The van der Waals surface area contributed by atoms with Crippen LogP contribution in [0.1, 0.15) is 61.8 Å². The normalized spacial score (nSPS) is 11.2. The third kappa shape index (κ3) is 3.34. The Morgan fingerprint density at radius 3 is 2.38 bits per heavy atom. The molecule has 2 nitrogen and oxygen atoms in total. The minimum atomic E-state index is -0.216. The molecule has 0 amide bonds. The monoisotopic (exact) mass is 240 g/mol. The topological polar surface area (TPSA) is 26.3 Å². The quantitative estimate of drug-likeness (QED) is 0.742. The van der Waals surface area contributed by atoms with Crippen LogP contribution in [-0.4, -0.2) is 5.97 Å². The van der Waals surface area contributed by atoms with Crippen LogP contribution < -0.4 is 0 Å². The molecule has 0 fully saturated rings. The molecular formula is C13H20O2S. The van der Waals surface area contributed by atoms with Gasteiger partial charge in [-0.15, -0.1) is 11.3 Å². The lowest BCUT2D eigenvalue weighted by atomic mass is 10.1. The van der Waals surface area contributed by atoms with Crippen LogP contribution in [0.15, 0.2) is 6.07 Å². The van der Waals surface area contributed by atoms with Gasteiger partial charge in [-0.25, -0.2) is 0 Å². The summed E-state index contributed by atoms with van der Waals surface area (Å²) in [6.45, 7) is 10.6. The molecule has 0 saturated carbocycles. The second-order valence-electron chi connectivity index (χ2n) is 4.63. The van der Waals surface area contributed by atoms with Gasteiger partial charge in [0.15, 0.2) is 0 Å². The van der Waals surface area contributed by atoms with E-state index in [0.717, 1.165) is 0 Å². The van der Waals surface area contributed by atoms with Gasteiger partial charge in [-0.3, -0.25) is 4.79 Å². The zero-order valence-corrected chi connectivity index (χ0v) is 11.5. The maximum atomic E-state index is 10.8. The van der Waals surface area contributed by atoms with Gasteiger partial charge in [0.1, 0.15) is 6.61 Å². The zero-order valence-electron chi connectivity index (χ0n) is 10.7. The van der Waals surface area contributed by atoms with Crippen LogP contribution >= 0.6 is 11.3 Å². The van der Waals surface area contributed by atoms with Crippen molar-refractivity contribution in [1.82, 2.24) is 0 Å². The first-order valence-electron chi connectivity index (χ1n) is 5.67. The summed E-state index contributed by atoms with van der Waals surface area (Å²) in [5, 5.41) is 0. The van der Waals surface area contributed by atoms with Gasteiger partial charge in [-0.1, -0.05) is 27.7 Å². The summed E-state index contributed by atoms with van der Waals surface area (Å²) in [4.78, 5) is 13.5. The van der Waals surface area contributed by atoms with Gasteiger partial charge in [-0.05, 0) is 17.9 Å². The molecule has 1 aromatic heterocycles. The molecule has 0 unspecified atom stereocenters. The molecule has 0 aliphatic carbocycles. The summed E-state index contributed by atoms with van der Waals surface area (Å²) < 4.78 is 5.08. The van der Waals surface area contributed by atoms with Crippen LogP contribution in [0.25, 0.3) is 0 Å². The van der Waals surface area contributed by atoms with E-state index in [-0.39, 0.29) is 5.97 Å². The molecule has 3 heteroatoms. The van der Waals surface area contributed by atoms with Crippen molar-refractivity contribution >= 4 is 17.3 Å². The second kappa shape index (κ2) is 5.48. The Morgan fingerprint density at radius 2 is 1.94 bits per heavy atom. The number of thiophene rings is 1. The molecule has 0 saturated heterocycles. The third-order valence-electron chi connectivity index (χ3n) is 2.39. The summed E-state index contributed by atoms with van der Waals surface area (Å²) in [6, 6.07) is 2.17. The molecule has 0 spiro atoms. The molecule has 0 aliphatic heterocycles. The summed E-state index contributed by atoms with van der Waals surface area (Å²) >= 11 is 1.84. The van der Waals surface area contributed by atoms with Gasteiger partial charge in [0, 0.05) is 22.2 Å². The molecule has 1 rings (SSSR count). The van der Waals surface area contributed by atoms with Crippen molar-refractivity contribution in [3.05, 3.63) is 21.4 Å². The van der Waals surface area contributed by atoms with E-state index in [1.165, 1.54) is 22.2 Å². The van der Waals surface area contributed by atoms with Crippen molar-refractivity contribution in [3.63, 3.8) is 0 Å². The molecular weight excluding hydrogens is 220 g/mol. The second-order valence-corrected chi connectivity index (χ2v) is 5.74. The number of rotatable bonds is 4. The van der Waals surface area contributed by atoms with Crippen LogP contribution in [0.2, 0.25) is 0 Å². The van der Waals surface area contributed by atoms with Crippen LogP contribution in [0.5, 0.6) is 0 Å². The highest BCUT2D eigenvalue weighted by atomic mass is 32.1. The van der Waals surface area contributed by atoms with E-state index in [4.69, 9.17) is 4.74 Å². The van der Waals surface area contributed by atoms with Crippen LogP contribution in [0.3, 0.4) is 0 Å². The predicted octanol–water partition coefficient (Wildman–Crippen LogP) is 4.06. The minimum Gasteiger partial charge on any atom is -0.461 e. The summed E-state index contributed by atoms with van der Waals surface area (Å²) in [6.07, 6.45) is 0. The molecule has 1 heterocycles. The molecule has 0 N–H and O–H groups in total. The highest BCUT2D eigenvalue weighted by Crippen LogP contribution is 2.33. The SMILES string of the molecule is CC(=O)OCc1cc(C(C)C)sc1C(C)C. The van der Waals surface area contributed by atoms with Crippen molar-refractivity contribution in [2.24, 2.45) is 0 Å². The van der Waals surface area contributed by atoms with E-state index in [1.54, 1.807) is 0 Å². The highest BCUT2D eigenvalue weighted by molar-refractivity contribution is 7.12. The third-order valence-corrected chi connectivity index (χ3v) is 4.16. The first-order chi connectivity index (χ1) is 7.41. The molecule has 0 radical (unpaired) electrons. The largest absolute Gasteiger partial charge is 0.461 e.